The van der Waals surface area contributed by atoms with Gasteiger partial charge in [0, 0.05) is 16.5 Å². The number of thiophene rings is 1. The van der Waals surface area contributed by atoms with Crippen molar-refractivity contribution in [2.75, 3.05) is 32.4 Å². The van der Waals surface area contributed by atoms with Crippen molar-refractivity contribution in [1.29, 1.82) is 0 Å². The Morgan fingerprint density at radius 3 is 2.47 bits per heavy atom. The number of amides is 1. The summed E-state index contributed by atoms with van der Waals surface area (Å²) in [6.45, 7) is 2.12. The van der Waals surface area contributed by atoms with E-state index < -0.39 is 32.7 Å². The molecule has 1 aliphatic rings. The van der Waals surface area contributed by atoms with Gasteiger partial charge < -0.3 is 23.9 Å². The second-order valence-corrected chi connectivity index (χ2v) is 11.3. The predicted molar refractivity (Wildman–Crippen MR) is 130 cm³/mol. The number of rotatable bonds is 8. The molecule has 2 heterocycles. The summed E-state index contributed by atoms with van der Waals surface area (Å²) in [4.78, 5) is 26.1. The van der Waals surface area contributed by atoms with Crippen molar-refractivity contribution in [3.8, 4) is 23.0 Å². The zero-order chi connectivity index (χ0) is 26.0. The van der Waals surface area contributed by atoms with Gasteiger partial charge in [-0.2, -0.15) is 0 Å². The van der Waals surface area contributed by atoms with E-state index in [0.29, 0.717) is 29.4 Å². The van der Waals surface area contributed by atoms with Crippen molar-refractivity contribution in [3.63, 3.8) is 0 Å². The quantitative estimate of drug-likeness (QED) is 0.427. The molecule has 4 rings (SSSR count). The molecule has 0 aliphatic heterocycles. The lowest BCUT2D eigenvalue weighted by atomic mass is 9.88. The Balaban J connectivity index is 1.55. The van der Waals surface area contributed by atoms with E-state index in [-0.39, 0.29) is 16.5 Å². The number of benzene rings is 1. The van der Waals surface area contributed by atoms with Gasteiger partial charge in [-0.05, 0) is 42.9 Å². The Labute approximate surface area is 211 Å². The second-order valence-electron chi connectivity index (χ2n) is 8.33. The molecule has 2 aromatic heterocycles. The summed E-state index contributed by atoms with van der Waals surface area (Å²) in [5.74, 6) is -1.11. The SMILES string of the molecule is COC(=O)c1c(NC(=O)CS(=O)(=O)c2nnc(-c3cc(OC)cc(OC)c3)o2)sc2c1CCC(C)C2. The number of nitrogens with one attached hydrogen (secondary N) is 1. The number of ether oxygens (including phenoxy) is 3. The lowest BCUT2D eigenvalue weighted by molar-refractivity contribution is -0.113. The minimum atomic E-state index is -4.27. The van der Waals surface area contributed by atoms with E-state index in [0.717, 1.165) is 23.3 Å². The van der Waals surface area contributed by atoms with Crippen LogP contribution in [0, 0.1) is 5.92 Å². The van der Waals surface area contributed by atoms with Gasteiger partial charge in [0.2, 0.25) is 21.6 Å². The third kappa shape index (κ3) is 5.21. The first kappa shape index (κ1) is 25.6. The van der Waals surface area contributed by atoms with Crippen LogP contribution in [-0.2, 0) is 32.2 Å². The van der Waals surface area contributed by atoms with Crippen LogP contribution in [0.15, 0.2) is 27.8 Å². The summed E-state index contributed by atoms with van der Waals surface area (Å²) >= 11 is 1.27. The Morgan fingerprint density at radius 2 is 1.83 bits per heavy atom. The molecule has 0 fully saturated rings. The van der Waals surface area contributed by atoms with Crippen molar-refractivity contribution in [2.24, 2.45) is 5.92 Å². The molecule has 1 aliphatic carbocycles. The van der Waals surface area contributed by atoms with Crippen molar-refractivity contribution < 1.29 is 36.6 Å². The van der Waals surface area contributed by atoms with Crippen LogP contribution in [0.4, 0.5) is 5.00 Å². The van der Waals surface area contributed by atoms with Crippen molar-refractivity contribution in [1.82, 2.24) is 10.2 Å². The monoisotopic (exact) mass is 535 g/mol. The largest absolute Gasteiger partial charge is 0.497 e. The van der Waals surface area contributed by atoms with Gasteiger partial charge in [-0.3, -0.25) is 4.79 Å². The zero-order valence-corrected chi connectivity index (χ0v) is 21.7. The highest BCUT2D eigenvalue weighted by Crippen LogP contribution is 2.40. The van der Waals surface area contributed by atoms with Gasteiger partial charge in [0.1, 0.15) is 22.3 Å². The molecule has 1 atom stereocenters. The standard InChI is InChI=1S/C23H25N3O8S2/c1-12-5-6-16-17(7-12)35-21(19(16)22(28)33-4)24-18(27)11-36(29,30)23-26-25-20(34-23)13-8-14(31-2)10-15(9-13)32-3/h8-10,12H,5-7,11H2,1-4H3,(H,24,27). The van der Waals surface area contributed by atoms with Crippen LogP contribution in [0.1, 0.15) is 34.1 Å². The average Bonchev–Trinajstić information content (AvgIpc) is 3.48. The molecule has 1 unspecified atom stereocenters. The molecule has 13 heteroatoms. The first-order valence-electron chi connectivity index (χ1n) is 11.0. The number of esters is 1. The highest BCUT2D eigenvalue weighted by atomic mass is 32.2. The number of hydrogen-bond acceptors (Lipinski definition) is 11. The van der Waals surface area contributed by atoms with E-state index >= 15 is 0 Å². The molecule has 3 aromatic rings. The summed E-state index contributed by atoms with van der Waals surface area (Å²) in [6, 6.07) is 4.79. The van der Waals surface area contributed by atoms with Crippen molar-refractivity contribution in [3.05, 3.63) is 34.2 Å². The molecule has 0 spiro atoms. The highest BCUT2D eigenvalue weighted by Gasteiger charge is 2.31. The van der Waals surface area contributed by atoms with Crippen molar-refractivity contribution >= 4 is 38.1 Å². The van der Waals surface area contributed by atoms with E-state index in [1.165, 1.54) is 32.7 Å². The number of fused-ring (bicyclic) bond motifs is 1. The molecule has 0 radical (unpaired) electrons. The molecular formula is C23H25N3O8S2. The molecular weight excluding hydrogens is 510 g/mol. The minimum absolute atomic E-state index is 0.0841. The van der Waals surface area contributed by atoms with Crippen LogP contribution in [-0.4, -0.2) is 57.6 Å². The maximum atomic E-state index is 12.8. The summed E-state index contributed by atoms with van der Waals surface area (Å²) < 4.78 is 46.4. The normalized spacial score (nSPS) is 15.2. The van der Waals surface area contributed by atoms with Gasteiger partial charge in [-0.25, -0.2) is 13.2 Å². The van der Waals surface area contributed by atoms with E-state index in [2.05, 4.69) is 22.4 Å². The number of nitrogens with zero attached hydrogens (tertiary/aromatic N) is 2. The van der Waals surface area contributed by atoms with Gasteiger partial charge in [-0.15, -0.1) is 16.4 Å². The molecule has 11 nitrogen and oxygen atoms in total. The molecule has 0 saturated carbocycles. The third-order valence-corrected chi connectivity index (χ3v) is 8.26. The van der Waals surface area contributed by atoms with Crippen LogP contribution < -0.4 is 14.8 Å². The topological polar surface area (TPSA) is 147 Å². The van der Waals surface area contributed by atoms with Gasteiger partial charge in [0.05, 0.1) is 26.9 Å². The van der Waals surface area contributed by atoms with Crippen LogP contribution in [0.2, 0.25) is 0 Å². The first-order chi connectivity index (χ1) is 17.1. The number of methoxy groups -OCH3 is 3. The number of hydrogen-bond donors (Lipinski definition) is 1. The molecule has 1 N–H and O–H groups in total. The summed E-state index contributed by atoms with van der Waals surface area (Å²) in [6.07, 6.45) is 2.37. The Hall–Kier alpha value is -3.45. The molecule has 1 aromatic carbocycles. The molecule has 192 valence electrons. The minimum Gasteiger partial charge on any atom is -0.497 e. The second kappa shape index (κ2) is 10.3. The van der Waals surface area contributed by atoms with Crippen LogP contribution in [0.5, 0.6) is 11.5 Å². The maximum absolute atomic E-state index is 12.8. The molecule has 36 heavy (non-hydrogen) atoms. The fourth-order valence-corrected chi connectivity index (χ4v) is 6.26. The van der Waals surface area contributed by atoms with Crippen LogP contribution in [0.3, 0.4) is 0 Å². The van der Waals surface area contributed by atoms with Gasteiger partial charge in [0.15, 0.2) is 0 Å². The zero-order valence-electron chi connectivity index (χ0n) is 20.1. The maximum Gasteiger partial charge on any atom is 0.341 e. The summed E-state index contributed by atoms with van der Waals surface area (Å²) in [7, 11) is -0.0725. The number of carbonyl (C=O) groups is 2. The van der Waals surface area contributed by atoms with Gasteiger partial charge in [-0.1, -0.05) is 12.0 Å². The number of aromatic nitrogens is 2. The Kier molecular flexibility index (Phi) is 7.31. The fraction of sp³-hybridized carbons (Fsp3) is 0.391. The molecule has 1 amide bonds. The van der Waals surface area contributed by atoms with Gasteiger partial charge in [0.25, 0.3) is 0 Å². The fourth-order valence-electron chi connectivity index (χ4n) is 3.94. The van der Waals surface area contributed by atoms with Gasteiger partial charge >= 0.3 is 11.2 Å². The summed E-state index contributed by atoms with van der Waals surface area (Å²) in [5.41, 5.74) is 1.51. The number of carbonyl (C=O) groups excluding carboxylic acids is 2. The van der Waals surface area contributed by atoms with Crippen LogP contribution in [0.25, 0.3) is 11.5 Å². The van der Waals surface area contributed by atoms with E-state index in [4.69, 9.17) is 18.6 Å². The number of anilines is 1. The molecule has 0 saturated heterocycles. The third-order valence-electron chi connectivity index (χ3n) is 5.75. The average molecular weight is 536 g/mol. The Morgan fingerprint density at radius 1 is 1.14 bits per heavy atom. The Bertz CT molecular complexity index is 1390. The van der Waals surface area contributed by atoms with E-state index in [1.54, 1.807) is 18.2 Å². The lowest BCUT2D eigenvalue weighted by Gasteiger charge is -2.18. The van der Waals surface area contributed by atoms with Crippen molar-refractivity contribution in [2.45, 2.75) is 31.4 Å². The smallest absolute Gasteiger partial charge is 0.341 e. The predicted octanol–water partition coefficient (Wildman–Crippen LogP) is 3.14. The highest BCUT2D eigenvalue weighted by molar-refractivity contribution is 7.91. The lowest BCUT2D eigenvalue weighted by Crippen LogP contribution is -2.24. The first-order valence-corrected chi connectivity index (χ1v) is 13.4. The van der Waals surface area contributed by atoms with E-state index in [1.807, 2.05) is 0 Å². The summed E-state index contributed by atoms with van der Waals surface area (Å²) in [5, 5.41) is 9.55. The molecule has 0 bridgehead atoms. The van der Waals surface area contributed by atoms with Crippen LogP contribution >= 0.6 is 11.3 Å². The number of sulfone groups is 1. The van der Waals surface area contributed by atoms with E-state index in [9.17, 15) is 18.0 Å².